The van der Waals surface area contributed by atoms with Gasteiger partial charge in [0.15, 0.2) is 0 Å². The van der Waals surface area contributed by atoms with Crippen molar-refractivity contribution in [3.63, 3.8) is 0 Å². The largest absolute Gasteiger partial charge is 0.481 e. The summed E-state index contributed by atoms with van der Waals surface area (Å²) in [6.45, 7) is 8.17. The van der Waals surface area contributed by atoms with Crippen molar-refractivity contribution >= 4 is 11.9 Å². The molecular weight excluding hydrogens is 224 g/mol. The molecule has 0 atom stereocenters. The number of hydrogen-bond acceptors (Lipinski definition) is 3. The van der Waals surface area contributed by atoms with Gasteiger partial charge in [0.05, 0.1) is 12.2 Å². The van der Waals surface area contributed by atoms with Gasteiger partial charge in [0, 0.05) is 12.8 Å². The highest BCUT2D eigenvalue weighted by Crippen LogP contribution is 1.98. The van der Waals surface area contributed by atoms with E-state index in [4.69, 9.17) is 14.9 Å². The third-order valence-electron chi connectivity index (χ3n) is 1.58. The van der Waals surface area contributed by atoms with Crippen molar-refractivity contribution in [2.24, 2.45) is 0 Å². The number of hydrogen-bond donors (Lipinski definition) is 2. The highest BCUT2D eigenvalue weighted by Gasteiger charge is 1.99. The van der Waals surface area contributed by atoms with E-state index in [-0.39, 0.29) is 12.8 Å². The maximum Gasteiger partial charge on any atom is 0.303 e. The lowest BCUT2D eigenvalue weighted by Crippen LogP contribution is -2.09. The Morgan fingerprint density at radius 1 is 0.882 bits per heavy atom. The molecule has 0 saturated carbocycles. The normalized spacial score (nSPS) is 10.0. The molecule has 5 heteroatoms. The van der Waals surface area contributed by atoms with Crippen molar-refractivity contribution in [1.82, 2.24) is 0 Å². The van der Waals surface area contributed by atoms with Crippen molar-refractivity contribution in [3.05, 3.63) is 0 Å². The van der Waals surface area contributed by atoms with Crippen molar-refractivity contribution in [3.8, 4) is 0 Å². The van der Waals surface area contributed by atoms with Gasteiger partial charge in [-0.2, -0.15) is 0 Å². The first-order valence-electron chi connectivity index (χ1n) is 5.84. The number of ether oxygens (including phenoxy) is 1. The van der Waals surface area contributed by atoms with Crippen LogP contribution in [-0.2, 0) is 14.3 Å². The van der Waals surface area contributed by atoms with Gasteiger partial charge in [-0.25, -0.2) is 0 Å². The van der Waals surface area contributed by atoms with E-state index in [1.54, 1.807) is 0 Å². The monoisotopic (exact) mass is 248 g/mol. The highest BCUT2D eigenvalue weighted by atomic mass is 16.5. The van der Waals surface area contributed by atoms with Crippen LogP contribution in [0.1, 0.15) is 53.4 Å². The maximum absolute atomic E-state index is 9.90. The van der Waals surface area contributed by atoms with Crippen LogP contribution >= 0.6 is 0 Å². The lowest BCUT2D eigenvalue weighted by atomic mass is 10.2. The Hall–Kier alpha value is -1.10. The smallest absolute Gasteiger partial charge is 0.303 e. The summed E-state index contributed by atoms with van der Waals surface area (Å²) in [5.74, 6) is -1.74. The fourth-order valence-corrected chi connectivity index (χ4v) is 1.10. The Balaban J connectivity index is 0. The zero-order valence-electron chi connectivity index (χ0n) is 11.1. The van der Waals surface area contributed by atoms with Crippen LogP contribution in [0.5, 0.6) is 0 Å². The van der Waals surface area contributed by atoms with Crippen molar-refractivity contribution in [2.75, 3.05) is 0 Å². The second-order valence-corrected chi connectivity index (χ2v) is 4.23. The molecule has 0 fully saturated rings. The molecule has 0 aliphatic carbocycles. The van der Waals surface area contributed by atoms with Crippen LogP contribution in [0.4, 0.5) is 0 Å². The lowest BCUT2D eigenvalue weighted by Gasteiger charge is -2.09. The minimum atomic E-state index is -0.870. The summed E-state index contributed by atoms with van der Waals surface area (Å²) in [5, 5.41) is 16.3. The van der Waals surface area contributed by atoms with Gasteiger partial charge in [0.2, 0.25) is 0 Å². The molecule has 0 radical (unpaired) electrons. The highest BCUT2D eigenvalue weighted by molar-refractivity contribution is 5.67. The molecule has 0 heterocycles. The molecule has 0 spiro atoms. The third-order valence-corrected chi connectivity index (χ3v) is 1.58. The fraction of sp³-hybridized carbons (Fsp3) is 0.833. The van der Waals surface area contributed by atoms with Gasteiger partial charge in [0.25, 0.3) is 0 Å². The lowest BCUT2D eigenvalue weighted by molar-refractivity contribution is -0.139. The number of aliphatic carboxylic acids is 2. The van der Waals surface area contributed by atoms with Crippen LogP contribution in [0.2, 0.25) is 0 Å². The summed E-state index contributed by atoms with van der Waals surface area (Å²) in [5.41, 5.74) is 0. The molecule has 0 aromatic heterocycles. The second-order valence-electron chi connectivity index (χ2n) is 4.23. The van der Waals surface area contributed by atoms with Crippen molar-refractivity contribution in [2.45, 2.75) is 65.6 Å². The molecule has 102 valence electrons. The molecule has 17 heavy (non-hydrogen) atoms. The van der Waals surface area contributed by atoms with Crippen molar-refractivity contribution in [1.29, 1.82) is 0 Å². The van der Waals surface area contributed by atoms with Crippen LogP contribution in [0.15, 0.2) is 0 Å². The van der Waals surface area contributed by atoms with E-state index >= 15 is 0 Å². The predicted octanol–water partition coefficient (Wildman–Crippen LogP) is 2.54. The fourth-order valence-electron chi connectivity index (χ4n) is 1.10. The molecule has 2 N–H and O–H groups in total. The average Bonchev–Trinajstić information content (AvgIpc) is 2.10. The predicted molar refractivity (Wildman–Crippen MR) is 65.1 cm³/mol. The average molecular weight is 248 g/mol. The van der Waals surface area contributed by atoms with Gasteiger partial charge in [-0.1, -0.05) is 0 Å². The number of carboxylic acid groups (broad SMARTS) is 2. The van der Waals surface area contributed by atoms with Gasteiger partial charge >= 0.3 is 11.9 Å². The first kappa shape index (κ1) is 18.3. The summed E-state index contributed by atoms with van der Waals surface area (Å²) in [4.78, 5) is 19.8. The zero-order chi connectivity index (χ0) is 13.8. The Morgan fingerprint density at radius 3 is 1.29 bits per heavy atom. The maximum atomic E-state index is 9.90. The number of carbonyl (C=O) groups is 2. The standard InChI is InChI=1S/C6H10O4.C6H14O/c7-5(8)3-1-2-4-6(9)10;1-5(2)7-6(3)4/h1-4H2,(H,7,8)(H,9,10);5-6H,1-4H3. The minimum absolute atomic E-state index is 0.0628. The molecule has 0 unspecified atom stereocenters. The van der Waals surface area contributed by atoms with Crippen molar-refractivity contribution < 1.29 is 24.5 Å². The van der Waals surface area contributed by atoms with Crippen LogP contribution in [0, 0.1) is 0 Å². The molecule has 0 amide bonds. The molecule has 0 saturated heterocycles. The number of rotatable bonds is 7. The van der Waals surface area contributed by atoms with E-state index in [0.717, 1.165) is 0 Å². The summed E-state index contributed by atoms with van der Waals surface area (Å²) in [6, 6.07) is 0. The third kappa shape index (κ3) is 25.3. The molecule has 0 aromatic rings. The Bertz CT molecular complexity index is 189. The Labute approximate surface area is 103 Å². The molecule has 0 bridgehead atoms. The van der Waals surface area contributed by atoms with E-state index < -0.39 is 11.9 Å². The first-order chi connectivity index (χ1) is 7.75. The van der Waals surface area contributed by atoms with E-state index in [1.165, 1.54) is 0 Å². The summed E-state index contributed by atoms with van der Waals surface area (Å²) in [6.07, 6.45) is 1.77. The topological polar surface area (TPSA) is 83.8 Å². The van der Waals surface area contributed by atoms with E-state index in [1.807, 2.05) is 27.7 Å². The molecule has 0 aliphatic rings. The van der Waals surface area contributed by atoms with Crippen LogP contribution in [-0.4, -0.2) is 34.4 Å². The molecule has 5 nitrogen and oxygen atoms in total. The van der Waals surface area contributed by atoms with Gasteiger partial charge in [-0.05, 0) is 40.5 Å². The van der Waals surface area contributed by atoms with Crippen LogP contribution in [0.25, 0.3) is 0 Å². The number of unbranched alkanes of at least 4 members (excludes halogenated alkanes) is 1. The number of carboxylic acids is 2. The summed E-state index contributed by atoms with van der Waals surface area (Å²) < 4.78 is 5.25. The van der Waals surface area contributed by atoms with Gasteiger partial charge in [-0.3, -0.25) is 9.59 Å². The minimum Gasteiger partial charge on any atom is -0.481 e. The van der Waals surface area contributed by atoms with E-state index in [2.05, 4.69) is 0 Å². The van der Waals surface area contributed by atoms with Gasteiger partial charge in [-0.15, -0.1) is 0 Å². The quantitative estimate of drug-likeness (QED) is 0.676. The second kappa shape index (κ2) is 11.4. The van der Waals surface area contributed by atoms with E-state index in [9.17, 15) is 9.59 Å². The Kier molecular flexibility index (Phi) is 12.2. The summed E-state index contributed by atoms with van der Waals surface area (Å²) >= 11 is 0. The first-order valence-corrected chi connectivity index (χ1v) is 5.84. The summed E-state index contributed by atoms with van der Waals surface area (Å²) in [7, 11) is 0. The zero-order valence-corrected chi connectivity index (χ0v) is 11.1. The SMILES string of the molecule is CC(C)OC(C)C.O=C(O)CCCCC(=O)O. The van der Waals surface area contributed by atoms with Crippen LogP contribution in [0.3, 0.4) is 0 Å². The van der Waals surface area contributed by atoms with E-state index in [0.29, 0.717) is 25.0 Å². The van der Waals surface area contributed by atoms with Crippen LogP contribution < -0.4 is 0 Å². The molecular formula is C12H24O5. The Morgan fingerprint density at radius 2 is 1.18 bits per heavy atom. The molecule has 0 aromatic carbocycles. The van der Waals surface area contributed by atoms with Gasteiger partial charge in [0.1, 0.15) is 0 Å². The van der Waals surface area contributed by atoms with Gasteiger partial charge < -0.3 is 14.9 Å². The molecule has 0 aliphatic heterocycles. The molecule has 0 rings (SSSR count).